The van der Waals surface area contributed by atoms with Gasteiger partial charge in [0.25, 0.3) is 5.56 Å². The van der Waals surface area contributed by atoms with Gasteiger partial charge in [-0.15, -0.1) is 0 Å². The minimum Gasteiger partial charge on any atom is -0.507 e. The molecule has 0 saturated carbocycles. The van der Waals surface area contributed by atoms with E-state index in [4.69, 9.17) is 0 Å². The lowest BCUT2D eigenvalue weighted by Gasteiger charge is -2.18. The Morgan fingerprint density at radius 1 is 1.00 bits per heavy atom. The van der Waals surface area contributed by atoms with Gasteiger partial charge in [-0.05, 0) is 31.9 Å². The second-order valence-corrected chi connectivity index (χ2v) is 6.56. The van der Waals surface area contributed by atoms with Crippen LogP contribution in [0.5, 0.6) is 5.75 Å². The minimum atomic E-state index is -0.284. The summed E-state index contributed by atoms with van der Waals surface area (Å²) in [4.78, 5) is 26.3. The molecule has 0 radical (unpaired) electrons. The molecule has 4 nitrogen and oxygen atoms in total. The van der Waals surface area contributed by atoms with Crippen molar-refractivity contribution in [3.8, 4) is 11.4 Å². The van der Waals surface area contributed by atoms with Gasteiger partial charge >= 0.3 is 0 Å². The SMILES string of the molecule is CCCCc1c(O)c(C(=O)c2ccccc2)c(C)n(-c2ccccc2)c1=O. The molecule has 1 aromatic heterocycles. The smallest absolute Gasteiger partial charge is 0.262 e. The fraction of sp³-hybridized carbons (Fsp3) is 0.217. The summed E-state index contributed by atoms with van der Waals surface area (Å²) in [5.74, 6) is -0.472. The first-order valence-corrected chi connectivity index (χ1v) is 9.18. The summed E-state index contributed by atoms with van der Waals surface area (Å²) in [6, 6.07) is 18.0. The second-order valence-electron chi connectivity index (χ2n) is 6.56. The van der Waals surface area contributed by atoms with E-state index in [0.29, 0.717) is 28.9 Å². The lowest BCUT2D eigenvalue weighted by molar-refractivity contribution is 0.103. The Labute approximate surface area is 158 Å². The highest BCUT2D eigenvalue weighted by Crippen LogP contribution is 2.28. The van der Waals surface area contributed by atoms with Crippen molar-refractivity contribution in [3.63, 3.8) is 0 Å². The summed E-state index contributed by atoms with van der Waals surface area (Å²) in [7, 11) is 0. The molecule has 0 spiro atoms. The molecule has 0 amide bonds. The summed E-state index contributed by atoms with van der Waals surface area (Å²) in [6.45, 7) is 3.73. The molecule has 0 atom stereocenters. The van der Waals surface area contributed by atoms with Crippen LogP contribution in [0.2, 0.25) is 0 Å². The summed E-state index contributed by atoms with van der Waals surface area (Å²) in [5, 5.41) is 10.8. The first-order chi connectivity index (χ1) is 13.1. The van der Waals surface area contributed by atoms with Crippen LogP contribution in [-0.2, 0) is 6.42 Å². The number of rotatable bonds is 6. The molecule has 4 heteroatoms. The van der Waals surface area contributed by atoms with Crippen molar-refractivity contribution in [1.82, 2.24) is 4.57 Å². The Hall–Kier alpha value is -3.14. The molecule has 0 fully saturated rings. The van der Waals surface area contributed by atoms with E-state index >= 15 is 0 Å². The van der Waals surface area contributed by atoms with Crippen LogP contribution in [0.1, 0.15) is 46.9 Å². The number of benzene rings is 2. The average molecular weight is 361 g/mol. The maximum absolute atomic E-state index is 13.1. The van der Waals surface area contributed by atoms with Crippen LogP contribution in [0.3, 0.4) is 0 Å². The fourth-order valence-corrected chi connectivity index (χ4v) is 3.30. The van der Waals surface area contributed by atoms with Gasteiger partial charge in [0.2, 0.25) is 0 Å². The van der Waals surface area contributed by atoms with Gasteiger partial charge < -0.3 is 5.11 Å². The van der Waals surface area contributed by atoms with Gasteiger partial charge in [-0.3, -0.25) is 14.2 Å². The van der Waals surface area contributed by atoms with Gasteiger partial charge in [-0.1, -0.05) is 61.9 Å². The molecule has 0 saturated heterocycles. The zero-order chi connectivity index (χ0) is 19.4. The maximum atomic E-state index is 13.1. The molecular formula is C23H23NO3. The number of ketones is 1. The Kier molecular flexibility index (Phi) is 5.55. The van der Waals surface area contributed by atoms with Crippen molar-refractivity contribution in [3.05, 3.63) is 93.4 Å². The van der Waals surface area contributed by atoms with Crippen LogP contribution in [0.25, 0.3) is 5.69 Å². The standard InChI is InChI=1S/C23H23NO3/c1-3-4-15-19-22(26)20(21(25)17-11-7-5-8-12-17)16(2)24(23(19)27)18-13-9-6-10-14-18/h5-14,26H,3-4,15H2,1-2H3. The first-order valence-electron chi connectivity index (χ1n) is 9.18. The predicted molar refractivity (Wildman–Crippen MR) is 107 cm³/mol. The lowest BCUT2D eigenvalue weighted by atomic mass is 9.96. The van der Waals surface area contributed by atoms with E-state index in [1.807, 2.05) is 43.3 Å². The van der Waals surface area contributed by atoms with Crippen molar-refractivity contribution in [2.45, 2.75) is 33.1 Å². The largest absolute Gasteiger partial charge is 0.507 e. The molecule has 1 N–H and O–H groups in total. The van der Waals surface area contributed by atoms with Gasteiger partial charge in [-0.25, -0.2) is 0 Å². The number of aromatic nitrogens is 1. The molecule has 0 aliphatic carbocycles. The molecule has 3 rings (SSSR count). The molecule has 1 heterocycles. The second kappa shape index (κ2) is 8.04. The highest BCUT2D eigenvalue weighted by atomic mass is 16.3. The number of pyridine rings is 1. The average Bonchev–Trinajstić information content (AvgIpc) is 2.69. The Bertz CT molecular complexity index is 1010. The molecular weight excluding hydrogens is 338 g/mol. The van der Waals surface area contributed by atoms with Crippen LogP contribution < -0.4 is 5.56 Å². The molecule has 2 aromatic carbocycles. The molecule has 0 unspecified atom stereocenters. The van der Waals surface area contributed by atoms with Crippen molar-refractivity contribution >= 4 is 5.78 Å². The van der Waals surface area contributed by atoms with Crippen molar-refractivity contribution in [1.29, 1.82) is 0 Å². The number of nitrogens with zero attached hydrogens (tertiary/aromatic N) is 1. The van der Waals surface area contributed by atoms with Crippen LogP contribution in [-0.4, -0.2) is 15.5 Å². The quantitative estimate of drug-likeness (QED) is 0.661. The Balaban J connectivity index is 2.29. The van der Waals surface area contributed by atoms with Crippen molar-refractivity contribution < 1.29 is 9.90 Å². The van der Waals surface area contributed by atoms with Gasteiger partial charge in [0.15, 0.2) is 5.78 Å². The summed E-state index contributed by atoms with van der Waals surface area (Å²) in [6.07, 6.45) is 2.09. The van der Waals surface area contributed by atoms with Crippen LogP contribution >= 0.6 is 0 Å². The van der Waals surface area contributed by atoms with Crippen molar-refractivity contribution in [2.75, 3.05) is 0 Å². The zero-order valence-corrected chi connectivity index (χ0v) is 15.6. The fourth-order valence-electron chi connectivity index (χ4n) is 3.30. The van der Waals surface area contributed by atoms with E-state index in [9.17, 15) is 14.7 Å². The van der Waals surface area contributed by atoms with Crippen LogP contribution in [0.15, 0.2) is 65.5 Å². The highest BCUT2D eigenvalue weighted by molar-refractivity contribution is 6.11. The topological polar surface area (TPSA) is 59.3 Å². The van der Waals surface area contributed by atoms with E-state index in [1.54, 1.807) is 31.2 Å². The molecule has 0 aliphatic heterocycles. The molecule has 3 aromatic rings. The zero-order valence-electron chi connectivity index (χ0n) is 15.6. The molecule has 138 valence electrons. The molecule has 27 heavy (non-hydrogen) atoms. The number of carbonyl (C=O) groups excluding carboxylic acids is 1. The van der Waals surface area contributed by atoms with Gasteiger partial charge in [0, 0.05) is 16.9 Å². The van der Waals surface area contributed by atoms with Gasteiger partial charge in [0.05, 0.1) is 11.1 Å². The first kappa shape index (κ1) is 18.6. The summed E-state index contributed by atoms with van der Waals surface area (Å²) in [5.41, 5.74) is 1.82. The van der Waals surface area contributed by atoms with E-state index in [0.717, 1.165) is 12.8 Å². The Morgan fingerprint density at radius 3 is 2.19 bits per heavy atom. The maximum Gasteiger partial charge on any atom is 0.262 e. The van der Waals surface area contributed by atoms with Gasteiger partial charge in [0.1, 0.15) is 5.75 Å². The number of unbranched alkanes of at least 4 members (excludes halogenated alkanes) is 1. The van der Waals surface area contributed by atoms with E-state index in [-0.39, 0.29) is 22.7 Å². The van der Waals surface area contributed by atoms with E-state index in [1.165, 1.54) is 4.57 Å². The monoisotopic (exact) mass is 361 g/mol. The third-order valence-corrected chi connectivity index (χ3v) is 4.74. The van der Waals surface area contributed by atoms with Crippen LogP contribution in [0.4, 0.5) is 0 Å². The number of aromatic hydroxyl groups is 1. The number of hydrogen-bond acceptors (Lipinski definition) is 3. The molecule has 0 bridgehead atoms. The third-order valence-electron chi connectivity index (χ3n) is 4.74. The van der Waals surface area contributed by atoms with E-state index in [2.05, 4.69) is 0 Å². The highest BCUT2D eigenvalue weighted by Gasteiger charge is 2.25. The third kappa shape index (κ3) is 3.56. The predicted octanol–water partition coefficient (Wildman–Crippen LogP) is 4.43. The van der Waals surface area contributed by atoms with Crippen LogP contribution in [0, 0.1) is 6.92 Å². The van der Waals surface area contributed by atoms with Crippen molar-refractivity contribution in [2.24, 2.45) is 0 Å². The number of para-hydroxylation sites is 1. The number of carbonyl (C=O) groups is 1. The summed E-state index contributed by atoms with van der Waals surface area (Å²) < 4.78 is 1.53. The molecule has 0 aliphatic rings. The minimum absolute atomic E-state index is 0.188. The van der Waals surface area contributed by atoms with Gasteiger partial charge in [-0.2, -0.15) is 0 Å². The lowest BCUT2D eigenvalue weighted by Crippen LogP contribution is -2.27. The summed E-state index contributed by atoms with van der Waals surface area (Å²) >= 11 is 0. The number of hydrogen-bond donors (Lipinski definition) is 1. The van der Waals surface area contributed by atoms with E-state index < -0.39 is 0 Å². The normalized spacial score (nSPS) is 10.7. The Morgan fingerprint density at radius 2 is 1.59 bits per heavy atom.